The summed E-state index contributed by atoms with van der Waals surface area (Å²) in [6, 6.07) is -0.960. The molecule has 4 N–H and O–H groups in total. The molecule has 0 aromatic rings. The van der Waals surface area contributed by atoms with E-state index in [1.807, 2.05) is 0 Å². The topological polar surface area (TPSA) is 155 Å². The number of hydrogen-bond acceptors (Lipinski definition) is 10. The van der Waals surface area contributed by atoms with Gasteiger partial charge in [0.25, 0.3) is 0 Å². The molecule has 7 fully saturated rings. The summed E-state index contributed by atoms with van der Waals surface area (Å²) in [5.41, 5.74) is -1.47. The highest BCUT2D eigenvalue weighted by atomic mass is 16.7. The first kappa shape index (κ1) is 37.0. The molecular formula is C39H63NO10. The van der Waals surface area contributed by atoms with Gasteiger partial charge in [0.05, 0.1) is 49.8 Å². The van der Waals surface area contributed by atoms with Crippen LogP contribution in [0.3, 0.4) is 0 Å². The summed E-state index contributed by atoms with van der Waals surface area (Å²) in [5.74, 6) is -0.240. The molecule has 0 aromatic heterocycles. The Balaban J connectivity index is 1.11. The van der Waals surface area contributed by atoms with Crippen molar-refractivity contribution in [1.29, 1.82) is 0 Å². The number of aliphatic hydroxyl groups is 3. The minimum atomic E-state index is -1.28. The Labute approximate surface area is 297 Å². The minimum absolute atomic E-state index is 0.0220. The lowest BCUT2D eigenvalue weighted by Gasteiger charge is -2.64. The lowest BCUT2D eigenvalue weighted by atomic mass is 9.41. The Morgan fingerprint density at radius 3 is 2.36 bits per heavy atom. The Bertz CT molecular complexity index is 1350. The highest BCUT2D eigenvalue weighted by molar-refractivity contribution is 5.73. The highest BCUT2D eigenvalue weighted by Crippen LogP contribution is 2.89. The smallest absolute Gasteiger partial charge is 0.323 e. The van der Waals surface area contributed by atoms with E-state index in [1.165, 1.54) is 13.3 Å². The van der Waals surface area contributed by atoms with Crippen LogP contribution in [-0.2, 0) is 28.5 Å². The Morgan fingerprint density at radius 1 is 1.04 bits per heavy atom. The van der Waals surface area contributed by atoms with Gasteiger partial charge in [-0.1, -0.05) is 34.6 Å². The van der Waals surface area contributed by atoms with Gasteiger partial charge in [-0.05, 0) is 111 Å². The number of carbonyl (C=O) groups is 2. The van der Waals surface area contributed by atoms with Crippen molar-refractivity contribution in [3.05, 3.63) is 0 Å². The van der Waals surface area contributed by atoms with E-state index in [9.17, 15) is 30.0 Å². The van der Waals surface area contributed by atoms with Crippen LogP contribution in [0.1, 0.15) is 107 Å². The average Bonchev–Trinajstić information content (AvgIpc) is 3.65. The number of fused-ring (bicyclic) bond motifs is 4. The first-order valence-electron chi connectivity index (χ1n) is 19.4. The molecule has 0 aromatic carbocycles. The molecule has 5 saturated carbocycles. The van der Waals surface area contributed by atoms with Gasteiger partial charge in [-0.25, -0.2) is 0 Å². The predicted molar refractivity (Wildman–Crippen MR) is 183 cm³/mol. The number of aliphatic carboxylic acids is 1. The molecule has 15 atom stereocenters. The molecule has 2 heterocycles. The summed E-state index contributed by atoms with van der Waals surface area (Å²) in [6.45, 7) is 17.1. The molecule has 284 valence electrons. The normalized spacial score (nSPS) is 49.3. The molecule has 0 amide bonds. The summed E-state index contributed by atoms with van der Waals surface area (Å²) in [6.07, 6.45) is 5.26. The molecule has 2 saturated heterocycles. The van der Waals surface area contributed by atoms with E-state index in [-0.39, 0.29) is 51.1 Å². The van der Waals surface area contributed by atoms with Crippen molar-refractivity contribution in [3.63, 3.8) is 0 Å². The summed E-state index contributed by atoms with van der Waals surface area (Å²) in [4.78, 5) is 25.6. The van der Waals surface area contributed by atoms with E-state index in [2.05, 4.69) is 34.6 Å². The number of aliphatic hydroxyl groups excluding tert-OH is 2. The fraction of sp³-hybridized carbons (Fsp3) is 0.949. The fourth-order valence-corrected chi connectivity index (χ4v) is 14.1. The zero-order valence-corrected chi connectivity index (χ0v) is 31.5. The fourth-order valence-electron chi connectivity index (χ4n) is 14.1. The summed E-state index contributed by atoms with van der Waals surface area (Å²) < 4.78 is 25.3. The maximum atomic E-state index is 12.6. The Hall–Kier alpha value is -1.34. The number of carbonyl (C=O) groups excluding carboxylic acids is 1. The van der Waals surface area contributed by atoms with Crippen molar-refractivity contribution in [2.45, 2.75) is 155 Å². The van der Waals surface area contributed by atoms with Gasteiger partial charge in [0, 0.05) is 18.9 Å². The zero-order valence-electron chi connectivity index (χ0n) is 31.5. The maximum absolute atomic E-state index is 12.6. The largest absolute Gasteiger partial charge is 0.480 e. The van der Waals surface area contributed by atoms with Crippen molar-refractivity contribution < 1.29 is 49.0 Å². The van der Waals surface area contributed by atoms with Crippen molar-refractivity contribution in [2.24, 2.45) is 50.7 Å². The van der Waals surface area contributed by atoms with Crippen molar-refractivity contribution in [1.82, 2.24) is 4.90 Å². The monoisotopic (exact) mass is 705 g/mol. The number of hydrogen-bond donors (Lipinski definition) is 4. The predicted octanol–water partition coefficient (Wildman–Crippen LogP) is 3.99. The minimum Gasteiger partial charge on any atom is -0.480 e. The molecule has 2 spiro atoms. The third kappa shape index (κ3) is 5.06. The second-order valence-corrected chi connectivity index (χ2v) is 19.2. The van der Waals surface area contributed by atoms with Crippen molar-refractivity contribution in [3.8, 4) is 0 Å². The van der Waals surface area contributed by atoms with Crippen LogP contribution in [-0.4, -0.2) is 112 Å². The van der Waals surface area contributed by atoms with Gasteiger partial charge in [0.1, 0.15) is 6.04 Å². The van der Waals surface area contributed by atoms with Gasteiger partial charge < -0.3 is 39.4 Å². The van der Waals surface area contributed by atoms with Crippen LogP contribution in [0.5, 0.6) is 0 Å². The first-order chi connectivity index (χ1) is 23.3. The molecule has 50 heavy (non-hydrogen) atoms. The van der Waals surface area contributed by atoms with Crippen LogP contribution in [0, 0.1) is 50.7 Å². The molecular weight excluding hydrogens is 642 g/mol. The molecule has 7 rings (SSSR count). The van der Waals surface area contributed by atoms with E-state index < -0.39 is 54.8 Å². The molecule has 0 bridgehead atoms. The van der Waals surface area contributed by atoms with E-state index in [4.69, 9.17) is 18.9 Å². The zero-order chi connectivity index (χ0) is 36.4. The van der Waals surface area contributed by atoms with Crippen LogP contribution < -0.4 is 0 Å². The van der Waals surface area contributed by atoms with Crippen molar-refractivity contribution >= 4 is 11.9 Å². The van der Waals surface area contributed by atoms with Crippen LogP contribution >= 0.6 is 0 Å². The molecule has 0 radical (unpaired) electrons. The lowest BCUT2D eigenvalue weighted by Crippen LogP contribution is -2.60. The molecule has 2 unspecified atom stereocenters. The average molecular weight is 706 g/mol. The molecule has 11 heteroatoms. The third-order valence-electron chi connectivity index (χ3n) is 16.4. The molecule has 5 aliphatic carbocycles. The van der Waals surface area contributed by atoms with Crippen molar-refractivity contribution in [2.75, 3.05) is 26.3 Å². The number of rotatable bonds is 8. The summed E-state index contributed by atoms with van der Waals surface area (Å²) >= 11 is 0. The molecule has 2 aliphatic heterocycles. The number of carboxylic acid groups (broad SMARTS) is 1. The lowest BCUT2D eigenvalue weighted by molar-refractivity contribution is -0.251. The summed E-state index contributed by atoms with van der Waals surface area (Å²) in [5, 5.41) is 42.9. The van der Waals surface area contributed by atoms with Crippen LogP contribution in [0.25, 0.3) is 0 Å². The second-order valence-electron chi connectivity index (χ2n) is 19.2. The van der Waals surface area contributed by atoms with Gasteiger partial charge in [-0.15, -0.1) is 0 Å². The number of morpholine rings is 1. The first-order valence-corrected chi connectivity index (χ1v) is 19.4. The summed E-state index contributed by atoms with van der Waals surface area (Å²) in [7, 11) is 0. The third-order valence-corrected chi connectivity index (χ3v) is 16.4. The number of ether oxygens (including phenoxy) is 4. The van der Waals surface area contributed by atoms with E-state index >= 15 is 0 Å². The highest BCUT2D eigenvalue weighted by Gasteiger charge is 2.84. The SMILES string of the molecule is CC(=O)O[C@@H]([C@H]1C[C@@H](C)[C@H]2[C@H](O1)[C@H](O)[C@@]1(C)[C@@H]3CC[C@H]4C(C)(C)C(O[C@H]5CN([C@@H](CO)C(=O)O)CCO5)CCC45C[C@@]35CC[C@]21C)C(C)(C)O. The molecule has 7 aliphatic rings. The van der Waals surface area contributed by atoms with Gasteiger partial charge >= 0.3 is 11.9 Å². The number of nitrogens with zero attached hydrogens (tertiary/aromatic N) is 1. The second kappa shape index (κ2) is 12.1. The van der Waals surface area contributed by atoms with Crippen LogP contribution in [0.4, 0.5) is 0 Å². The molecule has 11 nitrogen and oxygen atoms in total. The van der Waals surface area contributed by atoms with Gasteiger partial charge in [-0.2, -0.15) is 0 Å². The standard InChI is InChI=1S/C39H63NO10/c1-21-17-24(32(35(5,6)46)48-22(2)42)49-30-29(21)36(7)13-14-39-20-38(39)12-11-27(50-28-18-40(15-16-47-28)23(19-41)33(44)45)34(3,4)25(38)9-10-26(39)37(36,8)31(30)43/h21,23-32,41,43,46H,9-20H2,1-8H3,(H,44,45)/t21-,23+,24-,25+,26+,27?,28+,29+,30+,31+,32+,36-,37-,38?,39+/m1/s1. The number of esters is 1. The van der Waals surface area contributed by atoms with Crippen LogP contribution in [0.15, 0.2) is 0 Å². The van der Waals surface area contributed by atoms with Gasteiger partial charge in [0.2, 0.25) is 0 Å². The van der Waals surface area contributed by atoms with E-state index in [0.29, 0.717) is 38.0 Å². The van der Waals surface area contributed by atoms with E-state index in [0.717, 1.165) is 38.5 Å². The Morgan fingerprint density at radius 2 is 1.72 bits per heavy atom. The Kier molecular flexibility index (Phi) is 8.94. The van der Waals surface area contributed by atoms with Crippen LogP contribution in [0.2, 0.25) is 0 Å². The maximum Gasteiger partial charge on any atom is 0.323 e. The van der Waals surface area contributed by atoms with Gasteiger partial charge in [-0.3, -0.25) is 14.5 Å². The quantitative estimate of drug-likeness (QED) is 0.271. The number of carboxylic acids is 1. The van der Waals surface area contributed by atoms with E-state index in [1.54, 1.807) is 18.7 Å². The van der Waals surface area contributed by atoms with Gasteiger partial charge in [0.15, 0.2) is 12.4 Å².